The van der Waals surface area contributed by atoms with Crippen LogP contribution in [0.2, 0.25) is 0 Å². The van der Waals surface area contributed by atoms with Gasteiger partial charge >= 0.3 is 0 Å². The third kappa shape index (κ3) is 3.57. The fourth-order valence-corrected chi connectivity index (χ4v) is 1.53. The van der Waals surface area contributed by atoms with E-state index in [-0.39, 0.29) is 24.5 Å². The van der Waals surface area contributed by atoms with Crippen molar-refractivity contribution in [3.05, 3.63) is 23.4 Å². The summed E-state index contributed by atoms with van der Waals surface area (Å²) in [6.45, 7) is 5.22. The molecule has 1 amide bonds. The molecule has 76 valence electrons. The van der Waals surface area contributed by atoms with Gasteiger partial charge in [-0.15, -0.1) is 11.3 Å². The summed E-state index contributed by atoms with van der Waals surface area (Å²) in [6.07, 6.45) is 2.22. The number of carbonyl (C=O) groups is 1. The normalized spacial score (nSPS) is 9.79. The molecule has 5 heteroatoms. The van der Waals surface area contributed by atoms with Crippen molar-refractivity contribution in [2.75, 3.05) is 5.32 Å². The maximum Gasteiger partial charge on any atom is 0.226 e. The van der Waals surface area contributed by atoms with Gasteiger partial charge in [-0.3, -0.25) is 4.79 Å². The molecular weight excluding hydrogens is 200 g/mol. The van der Waals surface area contributed by atoms with Crippen molar-refractivity contribution in [2.45, 2.75) is 19.8 Å². The standard InChI is InChI=1S/C9H12N2O2S/c1-6(12)3-4-8(13)11-9-10-5-7(2)14-9/h5,12H,1,3-4H2,2H3,(H,10,11,13). The highest BCUT2D eigenvalue weighted by Gasteiger charge is 2.05. The van der Waals surface area contributed by atoms with Crippen LogP contribution in [0.3, 0.4) is 0 Å². The van der Waals surface area contributed by atoms with E-state index in [0.29, 0.717) is 5.13 Å². The number of carbonyl (C=O) groups excluding carboxylic acids is 1. The zero-order chi connectivity index (χ0) is 10.6. The van der Waals surface area contributed by atoms with E-state index < -0.39 is 0 Å². The molecule has 0 aliphatic heterocycles. The fourth-order valence-electron chi connectivity index (χ4n) is 0.852. The van der Waals surface area contributed by atoms with Gasteiger partial charge in [-0.1, -0.05) is 6.58 Å². The number of hydrogen-bond donors (Lipinski definition) is 2. The first-order chi connectivity index (χ1) is 6.58. The van der Waals surface area contributed by atoms with Gasteiger partial charge < -0.3 is 10.4 Å². The molecular formula is C9H12N2O2S. The Bertz CT molecular complexity index is 346. The van der Waals surface area contributed by atoms with E-state index in [0.717, 1.165) is 4.88 Å². The quantitative estimate of drug-likeness (QED) is 0.752. The van der Waals surface area contributed by atoms with Gasteiger partial charge in [-0.2, -0.15) is 0 Å². The molecule has 0 unspecified atom stereocenters. The maximum atomic E-state index is 11.2. The van der Waals surface area contributed by atoms with Crippen LogP contribution in [-0.2, 0) is 4.79 Å². The summed E-state index contributed by atoms with van der Waals surface area (Å²) in [5.74, 6) is -0.134. The number of allylic oxidation sites excluding steroid dienone is 1. The minimum absolute atomic E-state index is 0.0236. The highest BCUT2D eigenvalue weighted by atomic mass is 32.1. The molecule has 0 fully saturated rings. The number of nitrogens with zero attached hydrogens (tertiary/aromatic N) is 1. The molecule has 4 nitrogen and oxygen atoms in total. The number of aliphatic hydroxyl groups excluding tert-OH is 1. The van der Waals surface area contributed by atoms with E-state index in [1.807, 2.05) is 6.92 Å². The number of thiazole rings is 1. The molecule has 0 radical (unpaired) electrons. The van der Waals surface area contributed by atoms with Gasteiger partial charge in [0.2, 0.25) is 5.91 Å². The van der Waals surface area contributed by atoms with Gasteiger partial charge in [-0.25, -0.2) is 4.98 Å². The van der Waals surface area contributed by atoms with Gasteiger partial charge in [0.05, 0.1) is 5.76 Å². The highest BCUT2D eigenvalue weighted by Crippen LogP contribution is 2.16. The summed E-state index contributed by atoms with van der Waals surface area (Å²) in [7, 11) is 0. The van der Waals surface area contributed by atoms with Crippen molar-refractivity contribution in [1.82, 2.24) is 4.98 Å². The molecule has 0 aliphatic carbocycles. The van der Waals surface area contributed by atoms with Crippen LogP contribution in [0.5, 0.6) is 0 Å². The van der Waals surface area contributed by atoms with Crippen molar-refractivity contribution in [1.29, 1.82) is 0 Å². The van der Waals surface area contributed by atoms with Crippen molar-refractivity contribution >= 4 is 22.4 Å². The number of hydrogen-bond acceptors (Lipinski definition) is 4. The SMILES string of the molecule is C=C(O)CCC(=O)Nc1ncc(C)s1. The van der Waals surface area contributed by atoms with Crippen molar-refractivity contribution < 1.29 is 9.90 Å². The second-order valence-electron chi connectivity index (χ2n) is 2.89. The minimum atomic E-state index is -0.158. The van der Waals surface area contributed by atoms with Crippen LogP contribution in [0.4, 0.5) is 5.13 Å². The zero-order valence-electron chi connectivity index (χ0n) is 7.91. The van der Waals surface area contributed by atoms with E-state index in [1.54, 1.807) is 6.20 Å². The summed E-state index contributed by atoms with van der Waals surface area (Å²) in [5.41, 5.74) is 0. The molecule has 0 spiro atoms. The Morgan fingerprint density at radius 3 is 2.93 bits per heavy atom. The molecule has 0 aromatic carbocycles. The Morgan fingerprint density at radius 1 is 1.71 bits per heavy atom. The topological polar surface area (TPSA) is 62.2 Å². The third-order valence-corrected chi connectivity index (χ3v) is 2.34. The molecule has 14 heavy (non-hydrogen) atoms. The van der Waals surface area contributed by atoms with Crippen LogP contribution in [0, 0.1) is 6.92 Å². The van der Waals surface area contributed by atoms with Gasteiger partial charge in [0, 0.05) is 23.9 Å². The Hall–Kier alpha value is -1.36. The fraction of sp³-hybridized carbons (Fsp3) is 0.333. The molecule has 1 heterocycles. The lowest BCUT2D eigenvalue weighted by Crippen LogP contribution is -2.10. The summed E-state index contributed by atoms with van der Waals surface area (Å²) >= 11 is 1.42. The first-order valence-electron chi connectivity index (χ1n) is 4.17. The van der Waals surface area contributed by atoms with E-state index in [2.05, 4.69) is 16.9 Å². The highest BCUT2D eigenvalue weighted by molar-refractivity contribution is 7.15. The number of aliphatic hydroxyl groups is 1. The van der Waals surface area contributed by atoms with Gasteiger partial charge in [-0.05, 0) is 6.92 Å². The molecule has 0 saturated carbocycles. The summed E-state index contributed by atoms with van der Waals surface area (Å²) in [5, 5.41) is 12.0. The van der Waals surface area contributed by atoms with E-state index in [1.165, 1.54) is 11.3 Å². The monoisotopic (exact) mass is 212 g/mol. The average Bonchev–Trinajstić information content (AvgIpc) is 2.48. The zero-order valence-corrected chi connectivity index (χ0v) is 8.73. The molecule has 1 aromatic rings. The number of aromatic nitrogens is 1. The number of rotatable bonds is 4. The van der Waals surface area contributed by atoms with Crippen LogP contribution in [0.25, 0.3) is 0 Å². The second kappa shape index (κ2) is 4.76. The molecule has 0 atom stereocenters. The predicted octanol–water partition coefficient (Wildman–Crippen LogP) is 2.24. The van der Waals surface area contributed by atoms with E-state index >= 15 is 0 Å². The van der Waals surface area contributed by atoms with E-state index in [4.69, 9.17) is 5.11 Å². The summed E-state index contributed by atoms with van der Waals surface area (Å²) in [6, 6.07) is 0. The Morgan fingerprint density at radius 2 is 2.43 bits per heavy atom. The van der Waals surface area contributed by atoms with Crippen LogP contribution in [0.1, 0.15) is 17.7 Å². The number of nitrogens with one attached hydrogen (secondary N) is 1. The second-order valence-corrected chi connectivity index (χ2v) is 4.13. The van der Waals surface area contributed by atoms with E-state index in [9.17, 15) is 4.79 Å². The molecule has 1 aromatic heterocycles. The summed E-state index contributed by atoms with van der Waals surface area (Å²) in [4.78, 5) is 16.3. The van der Waals surface area contributed by atoms with Crippen molar-refractivity contribution in [2.24, 2.45) is 0 Å². The lowest BCUT2D eigenvalue weighted by Gasteiger charge is -1.99. The third-order valence-electron chi connectivity index (χ3n) is 1.51. The lowest BCUT2D eigenvalue weighted by molar-refractivity contribution is -0.116. The van der Waals surface area contributed by atoms with Crippen LogP contribution in [0.15, 0.2) is 18.5 Å². The molecule has 1 rings (SSSR count). The molecule has 2 N–H and O–H groups in total. The molecule has 0 aliphatic rings. The van der Waals surface area contributed by atoms with Crippen LogP contribution < -0.4 is 5.32 Å². The Labute approximate surface area is 86.3 Å². The van der Waals surface area contributed by atoms with Gasteiger partial charge in [0.25, 0.3) is 0 Å². The minimum Gasteiger partial charge on any atom is -0.513 e. The molecule has 0 bridgehead atoms. The lowest BCUT2D eigenvalue weighted by atomic mass is 10.3. The number of anilines is 1. The Kier molecular flexibility index (Phi) is 3.64. The number of amides is 1. The maximum absolute atomic E-state index is 11.2. The number of aryl methyl sites for hydroxylation is 1. The van der Waals surface area contributed by atoms with Crippen molar-refractivity contribution in [3.8, 4) is 0 Å². The average molecular weight is 212 g/mol. The van der Waals surface area contributed by atoms with Gasteiger partial charge in [0.15, 0.2) is 5.13 Å². The molecule has 0 saturated heterocycles. The summed E-state index contributed by atoms with van der Waals surface area (Å²) < 4.78 is 0. The predicted molar refractivity (Wildman–Crippen MR) is 56.5 cm³/mol. The smallest absolute Gasteiger partial charge is 0.226 e. The first-order valence-corrected chi connectivity index (χ1v) is 4.98. The Balaban J connectivity index is 2.37. The largest absolute Gasteiger partial charge is 0.513 e. The van der Waals surface area contributed by atoms with Gasteiger partial charge in [0.1, 0.15) is 0 Å². The van der Waals surface area contributed by atoms with Crippen molar-refractivity contribution in [3.63, 3.8) is 0 Å². The van der Waals surface area contributed by atoms with Crippen LogP contribution >= 0.6 is 11.3 Å². The van der Waals surface area contributed by atoms with Crippen LogP contribution in [-0.4, -0.2) is 16.0 Å². The first kappa shape index (κ1) is 10.7.